The second kappa shape index (κ2) is 6.57. The van der Waals surface area contributed by atoms with Crippen LogP contribution in [-0.4, -0.2) is 18.3 Å². The molecule has 0 saturated carbocycles. The molecule has 0 radical (unpaired) electrons. The van der Waals surface area contributed by atoms with Gasteiger partial charge in [0.15, 0.2) is 0 Å². The van der Waals surface area contributed by atoms with Gasteiger partial charge in [0.05, 0.1) is 13.2 Å². The number of thiophene rings is 1. The van der Waals surface area contributed by atoms with Crippen molar-refractivity contribution in [1.29, 1.82) is 0 Å². The zero-order valence-corrected chi connectivity index (χ0v) is 11.3. The van der Waals surface area contributed by atoms with Gasteiger partial charge < -0.3 is 9.84 Å². The lowest BCUT2D eigenvalue weighted by Crippen LogP contribution is -2.07. The van der Waals surface area contributed by atoms with E-state index < -0.39 is 0 Å². The molecule has 2 rings (SSSR count). The standard InChI is InChI=1S/C15H18O2S/c1-2-17-14-7-5-12(6-8-14)13(11-16)10-15-4-3-9-18-15/h3-9,13,16H,2,10-11H2,1H3. The molecule has 1 aromatic heterocycles. The summed E-state index contributed by atoms with van der Waals surface area (Å²) >= 11 is 1.74. The molecular formula is C15H18O2S. The molecule has 0 aliphatic carbocycles. The Balaban J connectivity index is 2.07. The second-order valence-electron chi connectivity index (χ2n) is 4.17. The van der Waals surface area contributed by atoms with Gasteiger partial charge in [-0.05, 0) is 42.5 Å². The third-order valence-corrected chi connectivity index (χ3v) is 3.81. The van der Waals surface area contributed by atoms with Gasteiger partial charge in [-0.1, -0.05) is 18.2 Å². The highest BCUT2D eigenvalue weighted by molar-refractivity contribution is 7.09. The van der Waals surface area contributed by atoms with E-state index in [0.29, 0.717) is 6.61 Å². The van der Waals surface area contributed by atoms with Crippen molar-refractivity contribution in [2.45, 2.75) is 19.3 Å². The van der Waals surface area contributed by atoms with Gasteiger partial charge in [0, 0.05) is 10.8 Å². The van der Waals surface area contributed by atoms with E-state index in [4.69, 9.17) is 4.74 Å². The Bertz CT molecular complexity index is 448. The molecule has 0 amide bonds. The Morgan fingerprint density at radius 3 is 2.56 bits per heavy atom. The van der Waals surface area contributed by atoms with Crippen molar-refractivity contribution in [3.63, 3.8) is 0 Å². The summed E-state index contributed by atoms with van der Waals surface area (Å²) in [4.78, 5) is 1.31. The zero-order valence-electron chi connectivity index (χ0n) is 10.5. The lowest BCUT2D eigenvalue weighted by Gasteiger charge is -2.14. The van der Waals surface area contributed by atoms with E-state index in [1.807, 2.05) is 37.3 Å². The highest BCUT2D eigenvalue weighted by Crippen LogP contribution is 2.24. The van der Waals surface area contributed by atoms with Crippen molar-refractivity contribution in [3.8, 4) is 5.75 Å². The maximum absolute atomic E-state index is 9.52. The van der Waals surface area contributed by atoms with Crippen molar-refractivity contribution in [3.05, 3.63) is 52.2 Å². The monoisotopic (exact) mass is 262 g/mol. The largest absolute Gasteiger partial charge is 0.494 e. The first-order valence-electron chi connectivity index (χ1n) is 6.19. The summed E-state index contributed by atoms with van der Waals surface area (Å²) in [5.41, 5.74) is 1.16. The first-order valence-corrected chi connectivity index (χ1v) is 7.07. The number of benzene rings is 1. The molecular weight excluding hydrogens is 244 g/mol. The van der Waals surface area contributed by atoms with E-state index in [1.54, 1.807) is 11.3 Å². The Morgan fingerprint density at radius 1 is 1.22 bits per heavy atom. The van der Waals surface area contributed by atoms with Crippen LogP contribution < -0.4 is 4.74 Å². The topological polar surface area (TPSA) is 29.5 Å². The Labute approximate surface area is 112 Å². The molecule has 1 aromatic carbocycles. The van der Waals surface area contributed by atoms with Crippen LogP contribution in [-0.2, 0) is 6.42 Å². The average molecular weight is 262 g/mol. The highest BCUT2D eigenvalue weighted by Gasteiger charge is 2.12. The number of rotatable bonds is 6. The van der Waals surface area contributed by atoms with E-state index in [1.165, 1.54) is 4.88 Å². The summed E-state index contributed by atoms with van der Waals surface area (Å²) in [6.45, 7) is 2.82. The summed E-state index contributed by atoms with van der Waals surface area (Å²) < 4.78 is 5.42. The molecule has 96 valence electrons. The van der Waals surface area contributed by atoms with Crippen molar-refractivity contribution in [1.82, 2.24) is 0 Å². The van der Waals surface area contributed by atoms with Crippen LogP contribution in [0.4, 0.5) is 0 Å². The molecule has 0 aliphatic rings. The minimum absolute atomic E-state index is 0.166. The molecule has 1 N–H and O–H groups in total. The predicted molar refractivity (Wildman–Crippen MR) is 75.5 cm³/mol. The highest BCUT2D eigenvalue weighted by atomic mass is 32.1. The lowest BCUT2D eigenvalue weighted by molar-refractivity contribution is 0.265. The molecule has 18 heavy (non-hydrogen) atoms. The van der Waals surface area contributed by atoms with Crippen LogP contribution in [0.1, 0.15) is 23.3 Å². The van der Waals surface area contributed by atoms with Crippen LogP contribution >= 0.6 is 11.3 Å². The maximum Gasteiger partial charge on any atom is 0.119 e. The summed E-state index contributed by atoms with van der Waals surface area (Å²) in [5.74, 6) is 1.05. The first-order chi connectivity index (χ1) is 8.83. The molecule has 0 saturated heterocycles. The lowest BCUT2D eigenvalue weighted by atomic mass is 9.96. The number of hydrogen-bond acceptors (Lipinski definition) is 3. The molecule has 3 heteroatoms. The molecule has 2 nitrogen and oxygen atoms in total. The van der Waals surface area contributed by atoms with Crippen LogP contribution in [0.25, 0.3) is 0 Å². The van der Waals surface area contributed by atoms with Crippen molar-refractivity contribution < 1.29 is 9.84 Å². The summed E-state index contributed by atoms with van der Waals surface area (Å²) in [6, 6.07) is 12.2. The molecule has 1 unspecified atom stereocenters. The van der Waals surface area contributed by atoms with E-state index in [0.717, 1.165) is 17.7 Å². The molecule has 1 atom stereocenters. The summed E-state index contributed by atoms with van der Waals surface area (Å²) in [7, 11) is 0. The predicted octanol–water partition coefficient (Wildman–Crippen LogP) is 3.47. The van der Waals surface area contributed by atoms with Gasteiger partial charge in [-0.25, -0.2) is 0 Å². The quantitative estimate of drug-likeness (QED) is 0.864. The summed E-state index contributed by atoms with van der Waals surface area (Å²) in [5, 5.41) is 11.6. The first kappa shape index (κ1) is 13.1. The molecule has 1 heterocycles. The Morgan fingerprint density at radius 2 is 2.00 bits per heavy atom. The fraction of sp³-hybridized carbons (Fsp3) is 0.333. The SMILES string of the molecule is CCOc1ccc(C(CO)Cc2cccs2)cc1. The maximum atomic E-state index is 9.52. The Kier molecular flexibility index (Phi) is 4.79. The van der Waals surface area contributed by atoms with Gasteiger partial charge in [-0.15, -0.1) is 11.3 Å². The minimum Gasteiger partial charge on any atom is -0.494 e. The van der Waals surface area contributed by atoms with Crippen LogP contribution in [0.3, 0.4) is 0 Å². The second-order valence-corrected chi connectivity index (χ2v) is 5.20. The molecule has 0 spiro atoms. The molecule has 2 aromatic rings. The van der Waals surface area contributed by atoms with E-state index in [9.17, 15) is 5.11 Å². The minimum atomic E-state index is 0.166. The molecule has 0 bridgehead atoms. The van der Waals surface area contributed by atoms with E-state index in [-0.39, 0.29) is 12.5 Å². The van der Waals surface area contributed by atoms with E-state index >= 15 is 0 Å². The van der Waals surface area contributed by atoms with Crippen LogP contribution in [0, 0.1) is 0 Å². The third kappa shape index (κ3) is 3.34. The molecule has 0 aliphatic heterocycles. The van der Waals surface area contributed by atoms with Gasteiger partial charge in [-0.3, -0.25) is 0 Å². The van der Waals surface area contributed by atoms with E-state index in [2.05, 4.69) is 11.4 Å². The van der Waals surface area contributed by atoms with Gasteiger partial charge in [-0.2, -0.15) is 0 Å². The zero-order chi connectivity index (χ0) is 12.8. The normalized spacial score (nSPS) is 12.3. The van der Waals surface area contributed by atoms with Gasteiger partial charge in [0.25, 0.3) is 0 Å². The van der Waals surface area contributed by atoms with Gasteiger partial charge >= 0.3 is 0 Å². The fourth-order valence-electron chi connectivity index (χ4n) is 1.96. The van der Waals surface area contributed by atoms with Gasteiger partial charge in [0.2, 0.25) is 0 Å². The smallest absolute Gasteiger partial charge is 0.119 e. The number of aliphatic hydroxyl groups excluding tert-OH is 1. The van der Waals surface area contributed by atoms with Crippen molar-refractivity contribution in [2.24, 2.45) is 0 Å². The van der Waals surface area contributed by atoms with Crippen LogP contribution in [0.5, 0.6) is 5.75 Å². The van der Waals surface area contributed by atoms with Crippen LogP contribution in [0.2, 0.25) is 0 Å². The third-order valence-electron chi connectivity index (χ3n) is 2.91. The number of ether oxygens (including phenoxy) is 1. The number of aliphatic hydroxyl groups is 1. The Hall–Kier alpha value is -1.32. The van der Waals surface area contributed by atoms with Crippen molar-refractivity contribution in [2.75, 3.05) is 13.2 Å². The fourth-order valence-corrected chi connectivity index (χ4v) is 2.75. The van der Waals surface area contributed by atoms with Gasteiger partial charge in [0.1, 0.15) is 5.75 Å². The molecule has 0 fully saturated rings. The summed E-state index contributed by atoms with van der Waals surface area (Å²) in [6.07, 6.45) is 0.891. The average Bonchev–Trinajstić information content (AvgIpc) is 2.90. The number of hydrogen-bond donors (Lipinski definition) is 1. The van der Waals surface area contributed by atoms with Crippen molar-refractivity contribution >= 4 is 11.3 Å². The van der Waals surface area contributed by atoms with Crippen LogP contribution in [0.15, 0.2) is 41.8 Å².